The van der Waals surface area contributed by atoms with Crippen LogP contribution in [0.25, 0.3) is 11.1 Å². The molecule has 1 amide bonds. The fraction of sp³-hybridized carbons (Fsp3) is 0.250. The molecule has 9 nitrogen and oxygen atoms in total. The Morgan fingerprint density at radius 3 is 2.24 bits per heavy atom. The lowest BCUT2D eigenvalue weighted by molar-refractivity contribution is 0.0978. The molecule has 42 heavy (non-hydrogen) atoms. The standard InChI is InChI=1S/C32H33N7O2S/c1-4-22(2)30-34-31(42-3)29(38(30)21-24-15-17-26(18-16-24)25-13-9-6-10-14-25)27(40)19-28-35-36-37-39(28)32(41)33-20-23-11-7-5-8-12-23/h5-18,22H,4,19-21H2,1-3H3,(H,33,41). The number of imidazole rings is 1. The van der Waals surface area contributed by atoms with Gasteiger partial charge in [0.1, 0.15) is 16.5 Å². The molecule has 0 aliphatic heterocycles. The zero-order valence-corrected chi connectivity index (χ0v) is 24.7. The van der Waals surface area contributed by atoms with E-state index in [9.17, 15) is 9.59 Å². The molecule has 1 unspecified atom stereocenters. The second-order valence-electron chi connectivity index (χ2n) is 10.0. The van der Waals surface area contributed by atoms with Gasteiger partial charge in [0.25, 0.3) is 0 Å². The van der Waals surface area contributed by atoms with Crippen LogP contribution < -0.4 is 5.32 Å². The van der Waals surface area contributed by atoms with Crippen LogP contribution in [0.5, 0.6) is 0 Å². The number of rotatable bonds is 11. The highest BCUT2D eigenvalue weighted by atomic mass is 32.2. The zero-order valence-electron chi connectivity index (χ0n) is 23.9. The minimum Gasteiger partial charge on any atom is -0.332 e. The SMILES string of the molecule is CCC(C)c1nc(SC)c(C(=O)Cc2nnnn2C(=O)NCc2ccccc2)n1Cc1ccc(-c2ccccc2)cc1. The van der Waals surface area contributed by atoms with Crippen LogP contribution in [0.3, 0.4) is 0 Å². The molecule has 214 valence electrons. The number of amides is 1. The van der Waals surface area contributed by atoms with Gasteiger partial charge in [0.15, 0.2) is 11.6 Å². The van der Waals surface area contributed by atoms with Gasteiger partial charge in [-0.15, -0.1) is 21.5 Å². The summed E-state index contributed by atoms with van der Waals surface area (Å²) in [4.78, 5) is 31.7. The fourth-order valence-corrected chi connectivity index (χ4v) is 5.35. The Bertz CT molecular complexity index is 1650. The molecule has 2 heterocycles. The molecule has 0 saturated carbocycles. The molecule has 3 aromatic carbocycles. The third kappa shape index (κ3) is 6.49. The minimum absolute atomic E-state index is 0.141. The summed E-state index contributed by atoms with van der Waals surface area (Å²) >= 11 is 1.44. The first-order valence-electron chi connectivity index (χ1n) is 13.9. The van der Waals surface area contributed by atoms with E-state index in [1.807, 2.05) is 59.4 Å². The number of carbonyl (C=O) groups excluding carboxylic acids is 2. The van der Waals surface area contributed by atoms with Crippen molar-refractivity contribution in [2.75, 3.05) is 6.26 Å². The van der Waals surface area contributed by atoms with E-state index in [4.69, 9.17) is 4.98 Å². The van der Waals surface area contributed by atoms with Crippen LogP contribution in [0.4, 0.5) is 4.79 Å². The predicted octanol–water partition coefficient (Wildman–Crippen LogP) is 6.00. The largest absolute Gasteiger partial charge is 0.345 e. The van der Waals surface area contributed by atoms with E-state index in [0.29, 0.717) is 23.8 Å². The smallest absolute Gasteiger partial charge is 0.332 e. The maximum atomic E-state index is 13.9. The van der Waals surface area contributed by atoms with Gasteiger partial charge in [-0.2, -0.15) is 0 Å². The Kier molecular flexibility index (Phi) is 9.23. The number of thioether (sulfide) groups is 1. The number of aromatic nitrogens is 6. The molecule has 1 atom stereocenters. The number of carbonyl (C=O) groups is 2. The van der Waals surface area contributed by atoms with Crippen molar-refractivity contribution in [3.63, 3.8) is 0 Å². The fourth-order valence-electron chi connectivity index (χ4n) is 4.74. The van der Waals surface area contributed by atoms with Gasteiger partial charge < -0.3 is 9.88 Å². The first kappa shape index (κ1) is 28.9. The lowest BCUT2D eigenvalue weighted by Gasteiger charge is -2.15. The number of hydrogen-bond acceptors (Lipinski definition) is 7. The minimum atomic E-state index is -0.496. The number of Topliss-reactive ketones (excluding diaryl/α,β-unsaturated/α-hetero) is 1. The van der Waals surface area contributed by atoms with Crippen LogP contribution in [-0.2, 0) is 19.5 Å². The molecule has 2 aromatic heterocycles. The van der Waals surface area contributed by atoms with Gasteiger partial charge in [-0.25, -0.2) is 9.78 Å². The Hall–Kier alpha value is -4.57. The molecule has 0 spiro atoms. The molecule has 5 aromatic rings. The highest BCUT2D eigenvalue weighted by Gasteiger charge is 2.27. The van der Waals surface area contributed by atoms with E-state index < -0.39 is 6.03 Å². The number of ketones is 1. The van der Waals surface area contributed by atoms with Crippen LogP contribution in [-0.4, -0.2) is 47.8 Å². The van der Waals surface area contributed by atoms with Crippen molar-refractivity contribution in [2.45, 2.75) is 50.7 Å². The Morgan fingerprint density at radius 2 is 1.57 bits per heavy atom. The quantitative estimate of drug-likeness (QED) is 0.116. The van der Waals surface area contributed by atoms with E-state index in [0.717, 1.165) is 39.2 Å². The summed E-state index contributed by atoms with van der Waals surface area (Å²) in [5.74, 6) is 0.976. The number of hydrogen-bond donors (Lipinski definition) is 1. The average Bonchev–Trinajstić information content (AvgIpc) is 3.65. The maximum Gasteiger partial charge on any atom is 0.345 e. The van der Waals surface area contributed by atoms with Crippen molar-refractivity contribution in [1.82, 2.24) is 35.1 Å². The van der Waals surface area contributed by atoms with Crippen molar-refractivity contribution in [3.05, 3.63) is 113 Å². The zero-order chi connectivity index (χ0) is 29.5. The van der Waals surface area contributed by atoms with Crippen molar-refractivity contribution < 1.29 is 9.59 Å². The highest BCUT2D eigenvalue weighted by molar-refractivity contribution is 7.98. The monoisotopic (exact) mass is 579 g/mol. The molecule has 5 rings (SSSR count). The first-order chi connectivity index (χ1) is 20.5. The van der Waals surface area contributed by atoms with Crippen LogP contribution in [0, 0.1) is 0 Å². The van der Waals surface area contributed by atoms with Crippen LogP contribution in [0.1, 0.15) is 59.5 Å². The second-order valence-corrected chi connectivity index (χ2v) is 10.8. The van der Waals surface area contributed by atoms with Crippen LogP contribution in [0.15, 0.2) is 90.0 Å². The third-order valence-electron chi connectivity index (χ3n) is 7.21. The molecule has 0 saturated heterocycles. The molecule has 0 bridgehead atoms. The topological polar surface area (TPSA) is 108 Å². The average molecular weight is 580 g/mol. The van der Waals surface area contributed by atoms with Gasteiger partial charge in [-0.3, -0.25) is 4.79 Å². The molecular formula is C32H33N7O2S. The molecule has 0 aliphatic rings. The number of nitrogens with zero attached hydrogens (tertiary/aromatic N) is 6. The normalized spacial score (nSPS) is 11.8. The summed E-state index contributed by atoms with van der Waals surface area (Å²) in [5.41, 5.74) is 4.79. The van der Waals surface area contributed by atoms with Gasteiger partial charge in [-0.05, 0) is 45.4 Å². The molecule has 0 radical (unpaired) electrons. The predicted molar refractivity (Wildman–Crippen MR) is 164 cm³/mol. The summed E-state index contributed by atoms with van der Waals surface area (Å²) in [6.45, 7) is 5.04. The van der Waals surface area contributed by atoms with E-state index in [1.165, 1.54) is 11.8 Å². The summed E-state index contributed by atoms with van der Waals surface area (Å²) in [7, 11) is 0. The van der Waals surface area contributed by atoms with E-state index >= 15 is 0 Å². The molecule has 0 fully saturated rings. The molecule has 1 N–H and O–H groups in total. The van der Waals surface area contributed by atoms with E-state index in [-0.39, 0.29) is 23.9 Å². The maximum absolute atomic E-state index is 13.9. The van der Waals surface area contributed by atoms with Gasteiger partial charge in [-0.1, -0.05) is 98.8 Å². The van der Waals surface area contributed by atoms with Crippen LogP contribution in [0.2, 0.25) is 0 Å². The lowest BCUT2D eigenvalue weighted by Crippen LogP contribution is -2.31. The van der Waals surface area contributed by atoms with Gasteiger partial charge in [0.05, 0.1) is 6.42 Å². The number of tetrazole rings is 1. The van der Waals surface area contributed by atoms with Crippen molar-refractivity contribution >= 4 is 23.6 Å². The molecular weight excluding hydrogens is 546 g/mol. The van der Waals surface area contributed by atoms with Crippen molar-refractivity contribution in [1.29, 1.82) is 0 Å². The Balaban J connectivity index is 1.40. The molecule has 0 aliphatic carbocycles. The summed E-state index contributed by atoms with van der Waals surface area (Å²) < 4.78 is 3.07. The first-order valence-corrected chi connectivity index (χ1v) is 15.1. The molecule has 10 heteroatoms. The van der Waals surface area contributed by atoms with E-state index in [1.54, 1.807) is 0 Å². The Labute approximate surface area is 249 Å². The summed E-state index contributed by atoms with van der Waals surface area (Å²) in [6, 6.07) is 27.7. The third-order valence-corrected chi connectivity index (χ3v) is 7.88. The Morgan fingerprint density at radius 1 is 0.905 bits per heavy atom. The van der Waals surface area contributed by atoms with Crippen molar-refractivity contribution in [2.24, 2.45) is 0 Å². The van der Waals surface area contributed by atoms with E-state index in [2.05, 4.69) is 71.1 Å². The van der Waals surface area contributed by atoms with Crippen molar-refractivity contribution in [3.8, 4) is 11.1 Å². The number of nitrogens with one attached hydrogen (secondary N) is 1. The lowest BCUT2D eigenvalue weighted by atomic mass is 10.0. The summed E-state index contributed by atoms with van der Waals surface area (Å²) in [5, 5.41) is 15.0. The summed E-state index contributed by atoms with van der Waals surface area (Å²) in [6.07, 6.45) is 2.66. The van der Waals surface area contributed by atoms with Gasteiger partial charge >= 0.3 is 6.03 Å². The van der Waals surface area contributed by atoms with Crippen LogP contribution >= 0.6 is 11.8 Å². The van der Waals surface area contributed by atoms with Gasteiger partial charge in [0.2, 0.25) is 0 Å². The van der Waals surface area contributed by atoms with Gasteiger partial charge in [0, 0.05) is 19.0 Å². The second kappa shape index (κ2) is 13.4. The highest BCUT2D eigenvalue weighted by Crippen LogP contribution is 2.29. The number of benzene rings is 3.